The normalized spacial score (nSPS) is 20.0. The van der Waals surface area contributed by atoms with Gasteiger partial charge in [0.1, 0.15) is 0 Å². The van der Waals surface area contributed by atoms with Crippen molar-refractivity contribution in [1.82, 2.24) is 0 Å². The predicted molar refractivity (Wildman–Crippen MR) is 165 cm³/mol. The number of allylic oxidation sites excluding steroid dienone is 18. The van der Waals surface area contributed by atoms with E-state index >= 15 is 0 Å². The van der Waals surface area contributed by atoms with E-state index in [4.69, 9.17) is 0 Å². The van der Waals surface area contributed by atoms with Gasteiger partial charge in [0.25, 0.3) is 0 Å². The minimum atomic E-state index is 1.20. The minimum Gasteiger partial charge on any atom is -0.0845 e. The van der Waals surface area contributed by atoms with E-state index in [1.807, 2.05) is 24.3 Å². The van der Waals surface area contributed by atoms with Gasteiger partial charge in [0, 0.05) is 0 Å². The van der Waals surface area contributed by atoms with Crippen molar-refractivity contribution in [2.75, 3.05) is 0 Å². The Labute approximate surface area is 224 Å². The molecule has 198 valence electrons. The van der Waals surface area contributed by atoms with Gasteiger partial charge < -0.3 is 0 Å². The highest BCUT2D eigenvalue weighted by Gasteiger charge is 1.94. The van der Waals surface area contributed by atoms with Crippen LogP contribution in [0.15, 0.2) is 109 Å². The summed E-state index contributed by atoms with van der Waals surface area (Å²) in [4.78, 5) is 0. The van der Waals surface area contributed by atoms with Gasteiger partial charge in [0.2, 0.25) is 0 Å². The van der Waals surface area contributed by atoms with Crippen LogP contribution in [0.3, 0.4) is 0 Å². The molecular formula is C36H54. The summed E-state index contributed by atoms with van der Waals surface area (Å²) < 4.78 is 0. The molecule has 0 atom stereocenters. The molecule has 0 aromatic carbocycles. The van der Waals surface area contributed by atoms with Gasteiger partial charge in [-0.25, -0.2) is 0 Å². The molecule has 0 bridgehead atoms. The van der Waals surface area contributed by atoms with Crippen LogP contribution in [0.2, 0.25) is 0 Å². The van der Waals surface area contributed by atoms with E-state index in [9.17, 15) is 0 Å². The van der Waals surface area contributed by atoms with Crippen molar-refractivity contribution in [3.05, 3.63) is 109 Å². The van der Waals surface area contributed by atoms with Crippen LogP contribution >= 0.6 is 0 Å². The average Bonchev–Trinajstić information content (AvgIpc) is 2.89. The third-order valence-electron chi connectivity index (χ3n) is 6.43. The molecule has 0 fully saturated rings. The maximum Gasteiger partial charge on any atom is -0.0348 e. The number of hydrogen-bond acceptors (Lipinski definition) is 0. The SMILES string of the molecule is C1=CC=CC=CC=CC=CCCCCCCCCCCCCCCCCCCC=CC=CC=CC=C1. The maximum atomic E-state index is 2.30. The van der Waals surface area contributed by atoms with E-state index in [0.717, 1.165) is 0 Å². The second kappa shape index (κ2) is 28.9. The quantitative estimate of drug-likeness (QED) is 0.319. The monoisotopic (exact) mass is 486 g/mol. The highest BCUT2D eigenvalue weighted by Crippen LogP contribution is 2.14. The van der Waals surface area contributed by atoms with Gasteiger partial charge in [-0.2, -0.15) is 0 Å². The van der Waals surface area contributed by atoms with Crippen molar-refractivity contribution in [3.8, 4) is 0 Å². The summed E-state index contributed by atoms with van der Waals surface area (Å²) in [5, 5.41) is 0. The van der Waals surface area contributed by atoms with Crippen LogP contribution in [0.1, 0.15) is 116 Å². The van der Waals surface area contributed by atoms with Crippen molar-refractivity contribution in [1.29, 1.82) is 0 Å². The molecule has 0 radical (unpaired) electrons. The first-order valence-electron chi connectivity index (χ1n) is 15.0. The lowest BCUT2D eigenvalue weighted by Gasteiger charge is -2.03. The highest BCUT2D eigenvalue weighted by molar-refractivity contribution is 5.21. The first-order chi connectivity index (χ1) is 18.0. The van der Waals surface area contributed by atoms with Crippen molar-refractivity contribution in [2.45, 2.75) is 116 Å². The second-order valence-electron chi connectivity index (χ2n) is 9.78. The van der Waals surface area contributed by atoms with E-state index in [1.165, 1.54) is 116 Å². The smallest absolute Gasteiger partial charge is 0.0348 e. The zero-order valence-corrected chi connectivity index (χ0v) is 23.1. The molecule has 0 heterocycles. The van der Waals surface area contributed by atoms with E-state index in [1.54, 1.807) is 0 Å². The van der Waals surface area contributed by atoms with Gasteiger partial charge in [-0.05, 0) is 25.7 Å². The molecule has 1 rings (SSSR count). The van der Waals surface area contributed by atoms with E-state index in [0.29, 0.717) is 0 Å². The molecule has 36 heavy (non-hydrogen) atoms. The van der Waals surface area contributed by atoms with Crippen molar-refractivity contribution >= 4 is 0 Å². The standard InChI is InChI=1S/C36H54/c1-2-4-6-8-10-12-14-16-18-20-22-24-26-28-30-32-34-36-35-33-31-29-27-25-23-21-19-17-15-13-11-9-7-5-3-1/h1-18H,19-36H2. The molecule has 0 aromatic rings. The fourth-order valence-electron chi connectivity index (χ4n) is 4.25. The molecule has 0 heteroatoms. The summed E-state index contributed by atoms with van der Waals surface area (Å²) >= 11 is 0. The van der Waals surface area contributed by atoms with Crippen LogP contribution in [0.4, 0.5) is 0 Å². The van der Waals surface area contributed by atoms with Crippen LogP contribution in [0, 0.1) is 0 Å². The van der Waals surface area contributed by atoms with Gasteiger partial charge in [0.15, 0.2) is 0 Å². The lowest BCUT2D eigenvalue weighted by molar-refractivity contribution is 0.528. The average molecular weight is 487 g/mol. The van der Waals surface area contributed by atoms with Gasteiger partial charge >= 0.3 is 0 Å². The van der Waals surface area contributed by atoms with Crippen molar-refractivity contribution < 1.29 is 0 Å². The Hall–Kier alpha value is -2.34. The Balaban J connectivity index is 2.31. The highest BCUT2D eigenvalue weighted by atomic mass is 14.0. The Morgan fingerprint density at radius 1 is 0.167 bits per heavy atom. The minimum absolute atomic E-state index is 1.20. The molecule has 0 aromatic heterocycles. The maximum absolute atomic E-state index is 2.30. The summed E-state index contributed by atoms with van der Waals surface area (Å²) in [5.74, 6) is 0. The largest absolute Gasteiger partial charge is 0.0845 e. The van der Waals surface area contributed by atoms with E-state index < -0.39 is 0 Å². The first kappa shape index (κ1) is 31.7. The fourth-order valence-corrected chi connectivity index (χ4v) is 4.25. The van der Waals surface area contributed by atoms with Gasteiger partial charge in [0.05, 0.1) is 0 Å². The molecule has 1 aliphatic carbocycles. The van der Waals surface area contributed by atoms with E-state index in [-0.39, 0.29) is 0 Å². The van der Waals surface area contributed by atoms with Crippen LogP contribution in [-0.2, 0) is 0 Å². The lowest BCUT2D eigenvalue weighted by Crippen LogP contribution is -1.83. The second-order valence-corrected chi connectivity index (χ2v) is 9.78. The topological polar surface area (TPSA) is 0 Å². The fraction of sp³-hybridized carbons (Fsp3) is 0.500. The summed E-state index contributed by atoms with van der Waals surface area (Å²) in [6.45, 7) is 0. The molecule has 0 N–H and O–H groups in total. The third kappa shape index (κ3) is 26.3. The van der Waals surface area contributed by atoms with Gasteiger partial charge in [-0.3, -0.25) is 0 Å². The molecule has 0 unspecified atom stereocenters. The Morgan fingerprint density at radius 2 is 0.333 bits per heavy atom. The summed E-state index contributed by atoms with van der Waals surface area (Å²) in [7, 11) is 0. The van der Waals surface area contributed by atoms with Crippen LogP contribution in [-0.4, -0.2) is 0 Å². The molecule has 0 amide bonds. The molecule has 0 saturated carbocycles. The number of hydrogen-bond donors (Lipinski definition) is 0. The predicted octanol–water partition coefficient (Wildman–Crippen LogP) is 12.0. The summed E-state index contributed by atoms with van der Waals surface area (Å²) in [6, 6.07) is 0. The zero-order valence-electron chi connectivity index (χ0n) is 23.1. The number of rotatable bonds is 0. The Kier molecular flexibility index (Phi) is 25.4. The molecule has 0 nitrogen and oxygen atoms in total. The Morgan fingerprint density at radius 3 is 0.556 bits per heavy atom. The molecule has 0 aliphatic heterocycles. The lowest BCUT2D eigenvalue weighted by atomic mass is 10.0. The zero-order chi connectivity index (χ0) is 25.5. The molecule has 0 saturated heterocycles. The van der Waals surface area contributed by atoms with Crippen LogP contribution in [0.5, 0.6) is 0 Å². The summed E-state index contributed by atoms with van der Waals surface area (Å²) in [5.41, 5.74) is 0. The van der Waals surface area contributed by atoms with Crippen molar-refractivity contribution in [3.63, 3.8) is 0 Å². The first-order valence-corrected chi connectivity index (χ1v) is 15.0. The summed E-state index contributed by atoms with van der Waals surface area (Å²) in [6.07, 6.45) is 63.0. The Bertz CT molecular complexity index is 655. The van der Waals surface area contributed by atoms with Crippen molar-refractivity contribution in [2.24, 2.45) is 0 Å². The van der Waals surface area contributed by atoms with Gasteiger partial charge in [-0.15, -0.1) is 0 Å². The van der Waals surface area contributed by atoms with E-state index in [2.05, 4.69) is 85.1 Å². The van der Waals surface area contributed by atoms with Gasteiger partial charge in [-0.1, -0.05) is 199 Å². The molecular weight excluding hydrogens is 432 g/mol. The van der Waals surface area contributed by atoms with Crippen LogP contribution in [0.25, 0.3) is 0 Å². The third-order valence-corrected chi connectivity index (χ3v) is 6.43. The van der Waals surface area contributed by atoms with Crippen LogP contribution < -0.4 is 0 Å². The molecule has 0 spiro atoms. The molecule has 1 aliphatic rings.